The number of hydrogen-bond donors (Lipinski definition) is 1. The highest BCUT2D eigenvalue weighted by molar-refractivity contribution is 7.89. The van der Waals surface area contributed by atoms with Gasteiger partial charge in [-0.3, -0.25) is 4.79 Å². The van der Waals surface area contributed by atoms with Crippen LogP contribution in [0.25, 0.3) is 0 Å². The van der Waals surface area contributed by atoms with E-state index in [0.717, 1.165) is 31.2 Å². The molecule has 2 aromatic rings. The molecule has 0 radical (unpaired) electrons. The van der Waals surface area contributed by atoms with E-state index in [-0.39, 0.29) is 18.4 Å². The number of likely N-dealkylation sites (N-methyl/N-ethyl adjacent to an activating group) is 1. The lowest BCUT2D eigenvalue weighted by Crippen LogP contribution is -2.35. The molecular weight excluding hydrogens is 422 g/mol. The summed E-state index contributed by atoms with van der Waals surface area (Å²) in [4.78, 5) is 14.9. The molecule has 174 valence electrons. The molecule has 0 aromatic heterocycles. The van der Waals surface area contributed by atoms with E-state index in [0.29, 0.717) is 24.5 Å². The highest BCUT2D eigenvalue weighted by Crippen LogP contribution is 2.21. The molecule has 2 aromatic carbocycles. The summed E-state index contributed by atoms with van der Waals surface area (Å²) in [6, 6.07) is 15.3. The van der Waals surface area contributed by atoms with E-state index in [1.54, 1.807) is 28.6 Å². The quantitative estimate of drug-likeness (QED) is 0.627. The van der Waals surface area contributed by atoms with Gasteiger partial charge in [0.1, 0.15) is 0 Å². The summed E-state index contributed by atoms with van der Waals surface area (Å²) >= 11 is 0. The van der Waals surface area contributed by atoms with Crippen LogP contribution in [0.2, 0.25) is 0 Å². The van der Waals surface area contributed by atoms with Gasteiger partial charge in [-0.2, -0.15) is 4.31 Å². The first-order valence-electron chi connectivity index (χ1n) is 11.4. The number of carbonyl (C=O) groups is 1. The molecule has 3 rings (SSSR count). The van der Waals surface area contributed by atoms with Crippen LogP contribution in [0.4, 0.5) is 0 Å². The van der Waals surface area contributed by atoms with Gasteiger partial charge in [0.2, 0.25) is 15.9 Å². The molecule has 0 saturated carbocycles. The fourth-order valence-corrected chi connectivity index (χ4v) is 5.58. The normalized spacial score (nSPS) is 16.1. The maximum Gasteiger partial charge on any atom is 0.243 e. The number of hydrogen-bond acceptors (Lipinski definition) is 4. The number of piperidine rings is 1. The van der Waals surface area contributed by atoms with E-state index < -0.39 is 10.0 Å². The molecule has 1 unspecified atom stereocenters. The van der Waals surface area contributed by atoms with Gasteiger partial charge in [0.25, 0.3) is 0 Å². The predicted octanol–water partition coefficient (Wildman–Crippen LogP) is 3.39. The highest BCUT2D eigenvalue weighted by Gasteiger charge is 2.25. The van der Waals surface area contributed by atoms with Crippen molar-refractivity contribution in [1.29, 1.82) is 0 Å². The van der Waals surface area contributed by atoms with Crippen molar-refractivity contribution in [3.8, 4) is 0 Å². The van der Waals surface area contributed by atoms with Crippen LogP contribution in [-0.4, -0.2) is 57.3 Å². The first-order valence-corrected chi connectivity index (χ1v) is 12.9. The minimum atomic E-state index is -3.45. The summed E-state index contributed by atoms with van der Waals surface area (Å²) in [6.45, 7) is 3.81. The van der Waals surface area contributed by atoms with Gasteiger partial charge in [-0.15, -0.1) is 0 Å². The molecule has 1 amide bonds. The summed E-state index contributed by atoms with van der Waals surface area (Å²) in [5.41, 5.74) is 3.26. The molecule has 7 heteroatoms. The highest BCUT2D eigenvalue weighted by atomic mass is 32.2. The summed E-state index contributed by atoms with van der Waals surface area (Å²) in [7, 11) is 0.565. The van der Waals surface area contributed by atoms with Gasteiger partial charge in [0.15, 0.2) is 0 Å². The number of aryl methyl sites for hydroxylation is 1. The van der Waals surface area contributed by atoms with Crippen LogP contribution in [-0.2, 0) is 27.7 Å². The number of benzene rings is 2. The molecule has 6 nitrogen and oxygen atoms in total. The molecule has 1 heterocycles. The molecule has 32 heavy (non-hydrogen) atoms. The number of nitrogens with zero attached hydrogens (tertiary/aromatic N) is 2. The van der Waals surface area contributed by atoms with E-state index in [4.69, 9.17) is 0 Å². The Labute approximate surface area is 192 Å². The average molecular weight is 458 g/mol. The maximum absolute atomic E-state index is 12.8. The lowest BCUT2D eigenvalue weighted by atomic mass is 10.0. The third-order valence-corrected chi connectivity index (χ3v) is 8.04. The number of rotatable bonds is 9. The Bertz CT molecular complexity index is 980. The Morgan fingerprint density at radius 1 is 0.969 bits per heavy atom. The lowest BCUT2D eigenvalue weighted by Gasteiger charge is -2.26. The number of nitrogens with one attached hydrogen (secondary N) is 1. The monoisotopic (exact) mass is 457 g/mol. The summed E-state index contributed by atoms with van der Waals surface area (Å²) < 4.78 is 27.1. The zero-order valence-corrected chi connectivity index (χ0v) is 20.2. The molecule has 1 atom stereocenters. The second kappa shape index (κ2) is 11.1. The second-order valence-corrected chi connectivity index (χ2v) is 10.6. The predicted molar refractivity (Wildman–Crippen MR) is 128 cm³/mol. The van der Waals surface area contributed by atoms with Crippen LogP contribution in [0.15, 0.2) is 53.4 Å². The smallest absolute Gasteiger partial charge is 0.243 e. The van der Waals surface area contributed by atoms with E-state index in [2.05, 4.69) is 41.4 Å². The molecule has 1 fully saturated rings. The van der Waals surface area contributed by atoms with Crippen LogP contribution in [0, 0.1) is 0 Å². The zero-order chi connectivity index (χ0) is 23.1. The molecule has 1 saturated heterocycles. The van der Waals surface area contributed by atoms with Gasteiger partial charge in [0.05, 0.1) is 17.4 Å². The molecule has 0 spiro atoms. The zero-order valence-electron chi connectivity index (χ0n) is 19.4. The van der Waals surface area contributed by atoms with Crippen molar-refractivity contribution in [2.45, 2.75) is 50.0 Å². The van der Waals surface area contributed by atoms with Crippen molar-refractivity contribution in [2.75, 3.05) is 33.7 Å². The van der Waals surface area contributed by atoms with Crippen molar-refractivity contribution in [1.82, 2.24) is 14.5 Å². The van der Waals surface area contributed by atoms with Gasteiger partial charge in [-0.05, 0) is 62.2 Å². The van der Waals surface area contributed by atoms with Gasteiger partial charge in [-0.25, -0.2) is 8.42 Å². The molecule has 0 bridgehead atoms. The average Bonchev–Trinajstić information content (AvgIpc) is 2.80. The summed E-state index contributed by atoms with van der Waals surface area (Å²) in [6.07, 6.45) is 4.13. The molecular formula is C25H35N3O3S. The van der Waals surface area contributed by atoms with Gasteiger partial charge in [-0.1, -0.05) is 49.7 Å². The van der Waals surface area contributed by atoms with Crippen LogP contribution in [0.5, 0.6) is 0 Å². The van der Waals surface area contributed by atoms with Crippen molar-refractivity contribution in [3.63, 3.8) is 0 Å². The Kier molecular flexibility index (Phi) is 8.45. The Morgan fingerprint density at radius 3 is 2.12 bits per heavy atom. The number of carbonyl (C=O) groups excluding carboxylic acids is 1. The van der Waals surface area contributed by atoms with E-state index in [9.17, 15) is 13.2 Å². The fourth-order valence-electron chi connectivity index (χ4n) is 4.07. The Hall–Kier alpha value is -2.22. The number of amides is 1. The largest absolute Gasteiger partial charge is 0.354 e. The topological polar surface area (TPSA) is 69.7 Å². The molecule has 1 aliphatic rings. The van der Waals surface area contributed by atoms with Gasteiger partial charge >= 0.3 is 0 Å². The van der Waals surface area contributed by atoms with Gasteiger partial charge < -0.3 is 10.2 Å². The molecule has 0 aliphatic carbocycles. The van der Waals surface area contributed by atoms with Crippen molar-refractivity contribution in [3.05, 3.63) is 65.2 Å². The lowest BCUT2D eigenvalue weighted by molar-refractivity contribution is -0.120. The second-order valence-electron chi connectivity index (χ2n) is 8.66. The molecule has 1 N–H and O–H groups in total. The maximum atomic E-state index is 12.8. The standard InChI is InChI=1S/C25H35N3O3S/c1-4-20-8-12-22(13-9-20)24(27(2)3)19-26-25(29)18-21-10-14-23(15-11-21)32(30,31)28-16-6-5-7-17-28/h8-15,24H,4-7,16-19H2,1-3H3,(H,26,29). The van der Waals surface area contributed by atoms with Crippen LogP contribution >= 0.6 is 0 Å². The van der Waals surface area contributed by atoms with E-state index in [1.165, 1.54) is 11.1 Å². The van der Waals surface area contributed by atoms with Crippen molar-refractivity contribution in [2.24, 2.45) is 0 Å². The number of sulfonamides is 1. The molecule has 1 aliphatic heterocycles. The Balaban J connectivity index is 1.58. The first kappa shape index (κ1) is 24.4. The third-order valence-electron chi connectivity index (χ3n) is 6.13. The van der Waals surface area contributed by atoms with E-state index >= 15 is 0 Å². The minimum absolute atomic E-state index is 0.0753. The van der Waals surface area contributed by atoms with Crippen molar-refractivity contribution < 1.29 is 13.2 Å². The Morgan fingerprint density at radius 2 is 1.56 bits per heavy atom. The SMILES string of the molecule is CCc1ccc(C(CNC(=O)Cc2ccc(S(=O)(=O)N3CCCCC3)cc2)N(C)C)cc1. The summed E-state index contributed by atoms with van der Waals surface area (Å²) in [5, 5.41) is 3.03. The fraction of sp³-hybridized carbons (Fsp3) is 0.480. The minimum Gasteiger partial charge on any atom is -0.354 e. The van der Waals surface area contributed by atoms with E-state index in [1.807, 2.05) is 14.1 Å². The van der Waals surface area contributed by atoms with Crippen LogP contribution in [0.3, 0.4) is 0 Å². The first-order chi connectivity index (χ1) is 15.3. The van der Waals surface area contributed by atoms with Crippen LogP contribution < -0.4 is 5.32 Å². The van der Waals surface area contributed by atoms with Gasteiger partial charge in [0, 0.05) is 19.6 Å². The summed E-state index contributed by atoms with van der Waals surface area (Å²) in [5.74, 6) is -0.0753. The van der Waals surface area contributed by atoms with Crippen molar-refractivity contribution >= 4 is 15.9 Å². The van der Waals surface area contributed by atoms with Crippen LogP contribution in [0.1, 0.15) is 48.9 Å². The third kappa shape index (κ3) is 6.18.